The van der Waals surface area contributed by atoms with E-state index >= 15 is 0 Å². The van der Waals surface area contributed by atoms with Gasteiger partial charge in [-0.3, -0.25) is 0 Å². The highest BCUT2D eigenvalue weighted by Gasteiger charge is 2.49. The van der Waals surface area contributed by atoms with Crippen LogP contribution in [0.5, 0.6) is 0 Å². The smallest absolute Gasteiger partial charge is 0.408 e. The van der Waals surface area contributed by atoms with Crippen molar-refractivity contribution in [3.63, 3.8) is 0 Å². The summed E-state index contributed by atoms with van der Waals surface area (Å²) >= 11 is 0. The van der Waals surface area contributed by atoms with Crippen LogP contribution in [0.15, 0.2) is 0 Å². The molecule has 1 heterocycles. The van der Waals surface area contributed by atoms with Gasteiger partial charge in [-0.25, -0.2) is 18.0 Å². The van der Waals surface area contributed by atoms with Crippen LogP contribution in [-0.4, -0.2) is 59.9 Å². The summed E-state index contributed by atoms with van der Waals surface area (Å²) < 4.78 is 30.3. The molecule has 9 heteroatoms. The van der Waals surface area contributed by atoms with E-state index in [-0.39, 0.29) is 25.3 Å². The van der Waals surface area contributed by atoms with Crippen LogP contribution in [0, 0.1) is 0 Å². The van der Waals surface area contributed by atoms with Crippen LogP contribution in [0.2, 0.25) is 0 Å². The highest BCUT2D eigenvalue weighted by molar-refractivity contribution is 7.89. The zero-order valence-electron chi connectivity index (χ0n) is 13.4. The molecule has 1 unspecified atom stereocenters. The molecule has 0 saturated carbocycles. The maximum absolute atomic E-state index is 12.0. The molecule has 22 heavy (non-hydrogen) atoms. The molecule has 0 radical (unpaired) electrons. The molecule has 1 amide bonds. The fourth-order valence-electron chi connectivity index (χ4n) is 2.23. The fraction of sp³-hybridized carbons (Fsp3) is 0.846. The maximum atomic E-state index is 12.0. The quantitative estimate of drug-likeness (QED) is 0.767. The molecule has 8 nitrogen and oxygen atoms in total. The molecule has 1 rings (SSSR count). The number of aliphatic carboxylic acids is 1. The zero-order chi connectivity index (χ0) is 17.2. The van der Waals surface area contributed by atoms with Crippen LogP contribution in [-0.2, 0) is 19.6 Å². The van der Waals surface area contributed by atoms with Gasteiger partial charge in [0.2, 0.25) is 10.0 Å². The van der Waals surface area contributed by atoms with Gasteiger partial charge in [-0.2, -0.15) is 4.31 Å². The van der Waals surface area contributed by atoms with E-state index in [1.807, 2.05) is 0 Å². The number of carbonyl (C=O) groups excluding carboxylic acids is 1. The number of carboxylic acids is 1. The lowest BCUT2D eigenvalue weighted by molar-refractivity contribution is -0.144. The van der Waals surface area contributed by atoms with Crippen LogP contribution in [0.1, 0.15) is 40.5 Å². The standard InChI is InChI=1S/C13H24N2O6S/c1-5-8-22(19,20)15-7-6-13(9-15,10(16)17)14-11(18)21-12(2,3)4/h5-9H2,1-4H3,(H,14,18)(H,16,17). The Bertz CT molecular complexity index is 539. The summed E-state index contributed by atoms with van der Waals surface area (Å²) in [5, 5.41) is 11.8. The fourth-order valence-corrected chi connectivity index (χ4v) is 3.79. The molecular formula is C13H24N2O6S. The van der Waals surface area contributed by atoms with Gasteiger partial charge in [0.1, 0.15) is 5.60 Å². The van der Waals surface area contributed by atoms with Crippen LogP contribution in [0.4, 0.5) is 4.79 Å². The highest BCUT2D eigenvalue weighted by atomic mass is 32.2. The minimum Gasteiger partial charge on any atom is -0.479 e. The van der Waals surface area contributed by atoms with Crippen molar-refractivity contribution >= 4 is 22.1 Å². The SMILES string of the molecule is CCCS(=O)(=O)N1CCC(NC(=O)OC(C)(C)C)(C(=O)O)C1. The van der Waals surface area contributed by atoms with Crippen molar-refractivity contribution < 1.29 is 27.9 Å². The van der Waals surface area contributed by atoms with Gasteiger partial charge in [0, 0.05) is 13.1 Å². The largest absolute Gasteiger partial charge is 0.479 e. The summed E-state index contributed by atoms with van der Waals surface area (Å²) in [6.45, 7) is 6.48. The van der Waals surface area contributed by atoms with Gasteiger partial charge in [0.05, 0.1) is 5.75 Å². The lowest BCUT2D eigenvalue weighted by Crippen LogP contribution is -2.57. The molecule has 128 valence electrons. The summed E-state index contributed by atoms with van der Waals surface area (Å²) in [6, 6.07) is 0. The molecule has 1 atom stereocenters. The normalized spacial score (nSPS) is 23.3. The van der Waals surface area contributed by atoms with Gasteiger partial charge in [-0.05, 0) is 33.6 Å². The number of carbonyl (C=O) groups is 2. The minimum absolute atomic E-state index is 0.00448. The molecule has 1 aliphatic rings. The molecule has 0 bridgehead atoms. The summed E-state index contributed by atoms with van der Waals surface area (Å²) in [4.78, 5) is 23.4. The monoisotopic (exact) mass is 336 g/mol. The second-order valence-corrected chi connectivity index (χ2v) is 8.50. The second-order valence-electron chi connectivity index (χ2n) is 6.41. The summed E-state index contributed by atoms with van der Waals surface area (Å²) in [5.74, 6) is -1.32. The van der Waals surface area contributed by atoms with E-state index in [1.165, 1.54) is 0 Å². The topological polar surface area (TPSA) is 113 Å². The Hall–Kier alpha value is -1.35. The zero-order valence-corrected chi connectivity index (χ0v) is 14.2. The number of ether oxygens (including phenoxy) is 1. The molecular weight excluding hydrogens is 312 g/mol. The Morgan fingerprint density at radius 3 is 2.41 bits per heavy atom. The van der Waals surface area contributed by atoms with Crippen LogP contribution >= 0.6 is 0 Å². The van der Waals surface area contributed by atoms with Crippen molar-refractivity contribution in [1.29, 1.82) is 0 Å². The third-order valence-corrected chi connectivity index (χ3v) is 5.26. The molecule has 1 aliphatic heterocycles. The molecule has 0 aromatic heterocycles. The number of hydrogen-bond donors (Lipinski definition) is 2. The number of sulfonamides is 1. The van der Waals surface area contributed by atoms with Crippen molar-refractivity contribution in [1.82, 2.24) is 9.62 Å². The van der Waals surface area contributed by atoms with Crippen LogP contribution in [0.25, 0.3) is 0 Å². The Labute approximate surface area is 130 Å². The first-order chi connectivity index (χ1) is 9.92. The van der Waals surface area contributed by atoms with E-state index in [0.717, 1.165) is 4.31 Å². The first-order valence-corrected chi connectivity index (χ1v) is 8.75. The van der Waals surface area contributed by atoms with Crippen molar-refractivity contribution in [2.45, 2.75) is 51.7 Å². The Morgan fingerprint density at radius 2 is 1.95 bits per heavy atom. The Balaban J connectivity index is 2.88. The lowest BCUT2D eigenvalue weighted by atomic mass is 9.99. The number of nitrogens with zero attached hydrogens (tertiary/aromatic N) is 1. The number of carboxylic acid groups (broad SMARTS) is 1. The van der Waals surface area contributed by atoms with E-state index in [4.69, 9.17) is 4.74 Å². The molecule has 0 spiro atoms. The second kappa shape index (κ2) is 6.41. The van der Waals surface area contributed by atoms with E-state index in [0.29, 0.717) is 6.42 Å². The molecule has 0 aliphatic carbocycles. The first-order valence-electron chi connectivity index (χ1n) is 7.14. The van der Waals surface area contributed by atoms with Gasteiger partial charge in [0.15, 0.2) is 5.54 Å². The van der Waals surface area contributed by atoms with Crippen molar-refractivity contribution in [3.05, 3.63) is 0 Å². The third kappa shape index (κ3) is 4.57. The maximum Gasteiger partial charge on any atom is 0.408 e. The van der Waals surface area contributed by atoms with E-state index in [9.17, 15) is 23.1 Å². The number of alkyl carbamates (subject to hydrolysis) is 1. The third-order valence-electron chi connectivity index (χ3n) is 3.24. The van der Waals surface area contributed by atoms with E-state index in [2.05, 4.69) is 5.32 Å². The van der Waals surface area contributed by atoms with Gasteiger partial charge in [-0.1, -0.05) is 6.92 Å². The van der Waals surface area contributed by atoms with Crippen molar-refractivity contribution in [2.24, 2.45) is 0 Å². The lowest BCUT2D eigenvalue weighted by Gasteiger charge is -2.28. The van der Waals surface area contributed by atoms with Crippen LogP contribution < -0.4 is 5.32 Å². The Morgan fingerprint density at radius 1 is 1.36 bits per heavy atom. The number of rotatable bonds is 5. The Kier molecular flexibility index (Phi) is 5.45. The average Bonchev–Trinajstić information content (AvgIpc) is 2.72. The number of amides is 1. The summed E-state index contributed by atoms with van der Waals surface area (Å²) in [5.41, 5.74) is -2.42. The van der Waals surface area contributed by atoms with Crippen molar-refractivity contribution in [2.75, 3.05) is 18.8 Å². The number of hydrogen-bond acceptors (Lipinski definition) is 5. The summed E-state index contributed by atoms with van der Waals surface area (Å²) in [6.07, 6.45) is -0.423. The predicted octanol–water partition coefficient (Wildman–Crippen LogP) is 0.780. The molecule has 1 fully saturated rings. The molecule has 1 saturated heterocycles. The van der Waals surface area contributed by atoms with E-state index < -0.39 is 33.2 Å². The number of nitrogens with one attached hydrogen (secondary N) is 1. The van der Waals surface area contributed by atoms with Gasteiger partial charge < -0.3 is 15.2 Å². The first kappa shape index (κ1) is 18.7. The molecule has 2 N–H and O–H groups in total. The van der Waals surface area contributed by atoms with Gasteiger partial charge >= 0.3 is 12.1 Å². The average molecular weight is 336 g/mol. The van der Waals surface area contributed by atoms with Crippen molar-refractivity contribution in [3.8, 4) is 0 Å². The van der Waals surface area contributed by atoms with Gasteiger partial charge in [0.25, 0.3) is 0 Å². The minimum atomic E-state index is -3.51. The van der Waals surface area contributed by atoms with E-state index in [1.54, 1.807) is 27.7 Å². The summed E-state index contributed by atoms with van der Waals surface area (Å²) in [7, 11) is -3.51. The highest BCUT2D eigenvalue weighted by Crippen LogP contribution is 2.25. The predicted molar refractivity (Wildman–Crippen MR) is 80.0 cm³/mol. The van der Waals surface area contributed by atoms with Gasteiger partial charge in [-0.15, -0.1) is 0 Å². The van der Waals surface area contributed by atoms with Crippen LogP contribution in [0.3, 0.4) is 0 Å². The molecule has 0 aromatic rings. The molecule has 0 aromatic carbocycles.